The molecule has 6 nitrogen and oxygen atoms in total. The van der Waals surface area contributed by atoms with E-state index in [1.807, 2.05) is 18.7 Å². The Kier molecular flexibility index (Phi) is 6.82. The maximum Gasteiger partial charge on any atom is 0.310 e. The molecule has 0 aromatic carbocycles. The second-order valence-electron chi connectivity index (χ2n) is 6.34. The summed E-state index contributed by atoms with van der Waals surface area (Å²) in [5.41, 5.74) is -0.868. The van der Waals surface area contributed by atoms with Gasteiger partial charge in [0.1, 0.15) is 5.54 Å². The van der Waals surface area contributed by atoms with Crippen molar-refractivity contribution in [1.29, 1.82) is 5.26 Å². The molecule has 1 saturated heterocycles. The van der Waals surface area contributed by atoms with Gasteiger partial charge in [-0.3, -0.25) is 14.5 Å². The first kappa shape index (κ1) is 18.4. The Morgan fingerprint density at radius 3 is 2.73 bits per heavy atom. The molecule has 0 bridgehead atoms. The molecular weight excluding hydrogens is 282 g/mol. The van der Waals surface area contributed by atoms with Gasteiger partial charge >= 0.3 is 5.97 Å². The van der Waals surface area contributed by atoms with Crippen LogP contribution < -0.4 is 5.32 Å². The van der Waals surface area contributed by atoms with Gasteiger partial charge in [-0.05, 0) is 39.2 Å². The summed E-state index contributed by atoms with van der Waals surface area (Å²) in [7, 11) is 0. The van der Waals surface area contributed by atoms with E-state index >= 15 is 0 Å². The van der Waals surface area contributed by atoms with Crippen molar-refractivity contribution in [3.05, 3.63) is 0 Å². The van der Waals surface area contributed by atoms with Gasteiger partial charge in [-0.1, -0.05) is 13.8 Å². The van der Waals surface area contributed by atoms with Crippen LogP contribution in [0.15, 0.2) is 0 Å². The predicted molar refractivity (Wildman–Crippen MR) is 82.8 cm³/mol. The molecule has 1 heterocycles. The Morgan fingerprint density at radius 1 is 1.50 bits per heavy atom. The number of amides is 1. The summed E-state index contributed by atoms with van der Waals surface area (Å²) in [6.45, 7) is 9.24. The lowest BCUT2D eigenvalue weighted by Gasteiger charge is -2.33. The number of hydrogen-bond donors (Lipinski definition) is 1. The van der Waals surface area contributed by atoms with Crippen LogP contribution in [0, 0.1) is 23.2 Å². The van der Waals surface area contributed by atoms with Crippen molar-refractivity contribution in [2.75, 3.05) is 26.2 Å². The molecule has 0 unspecified atom stereocenters. The molecule has 124 valence electrons. The average Bonchev–Trinajstić information content (AvgIpc) is 2.47. The van der Waals surface area contributed by atoms with Gasteiger partial charge in [0.2, 0.25) is 5.91 Å². The van der Waals surface area contributed by atoms with Crippen LogP contribution >= 0.6 is 0 Å². The van der Waals surface area contributed by atoms with Crippen LogP contribution in [0.1, 0.15) is 40.5 Å². The summed E-state index contributed by atoms with van der Waals surface area (Å²) in [5, 5.41) is 12.0. The smallest absolute Gasteiger partial charge is 0.310 e. The Balaban J connectivity index is 2.54. The van der Waals surface area contributed by atoms with Gasteiger partial charge in [0.15, 0.2) is 0 Å². The number of carbonyl (C=O) groups is 2. The zero-order valence-corrected chi connectivity index (χ0v) is 14.0. The quantitative estimate of drug-likeness (QED) is 0.748. The number of carbonyl (C=O) groups excluding carboxylic acids is 2. The number of likely N-dealkylation sites (tertiary alicyclic amines) is 1. The third-order valence-electron chi connectivity index (χ3n) is 4.28. The summed E-state index contributed by atoms with van der Waals surface area (Å²) in [4.78, 5) is 25.9. The fourth-order valence-corrected chi connectivity index (χ4v) is 2.49. The monoisotopic (exact) mass is 309 g/mol. The van der Waals surface area contributed by atoms with Gasteiger partial charge in [0.05, 0.1) is 25.1 Å². The number of nitrogens with zero attached hydrogens (tertiary/aromatic N) is 2. The number of esters is 1. The van der Waals surface area contributed by atoms with E-state index in [1.54, 1.807) is 13.8 Å². The highest BCUT2D eigenvalue weighted by atomic mass is 16.5. The maximum atomic E-state index is 12.2. The van der Waals surface area contributed by atoms with Crippen molar-refractivity contribution in [1.82, 2.24) is 10.2 Å². The highest BCUT2D eigenvalue weighted by Gasteiger charge is 2.32. The largest absolute Gasteiger partial charge is 0.466 e. The predicted octanol–water partition coefficient (Wildman–Crippen LogP) is 1.32. The molecule has 1 amide bonds. The summed E-state index contributed by atoms with van der Waals surface area (Å²) in [6.07, 6.45) is 1.68. The van der Waals surface area contributed by atoms with Crippen LogP contribution in [0.2, 0.25) is 0 Å². The molecular formula is C16H27N3O3. The highest BCUT2D eigenvalue weighted by molar-refractivity contribution is 5.79. The van der Waals surface area contributed by atoms with E-state index in [0.717, 1.165) is 19.4 Å². The first-order chi connectivity index (χ1) is 10.3. The van der Waals surface area contributed by atoms with E-state index in [4.69, 9.17) is 4.74 Å². The van der Waals surface area contributed by atoms with E-state index < -0.39 is 5.54 Å². The molecule has 1 rings (SSSR count). The third kappa shape index (κ3) is 4.99. The number of nitrogens with one attached hydrogen (secondary N) is 1. The minimum Gasteiger partial charge on any atom is -0.466 e. The van der Waals surface area contributed by atoms with Gasteiger partial charge in [-0.25, -0.2) is 0 Å². The van der Waals surface area contributed by atoms with Crippen molar-refractivity contribution in [2.45, 2.75) is 46.1 Å². The Hall–Kier alpha value is -1.61. The zero-order chi connectivity index (χ0) is 16.8. The minimum atomic E-state index is -0.868. The molecule has 0 spiro atoms. The lowest BCUT2D eigenvalue weighted by atomic mass is 9.90. The third-order valence-corrected chi connectivity index (χ3v) is 4.28. The molecule has 1 aliphatic heterocycles. The van der Waals surface area contributed by atoms with E-state index in [1.165, 1.54) is 0 Å². The maximum absolute atomic E-state index is 12.2. The molecule has 0 aromatic rings. The van der Waals surface area contributed by atoms with Crippen molar-refractivity contribution in [3.63, 3.8) is 0 Å². The first-order valence-electron chi connectivity index (χ1n) is 7.93. The number of hydrogen-bond acceptors (Lipinski definition) is 5. The number of ether oxygens (including phenoxy) is 1. The molecule has 0 radical (unpaired) electrons. The summed E-state index contributed by atoms with van der Waals surface area (Å²) in [5.74, 6) is -0.497. The minimum absolute atomic E-state index is 0.0232. The first-order valence-corrected chi connectivity index (χ1v) is 7.93. The Morgan fingerprint density at radius 2 is 2.18 bits per heavy atom. The fraction of sp³-hybridized carbons (Fsp3) is 0.812. The van der Waals surface area contributed by atoms with Gasteiger partial charge in [-0.2, -0.15) is 5.26 Å². The van der Waals surface area contributed by atoms with Crippen LogP contribution in [-0.4, -0.2) is 48.6 Å². The molecule has 6 heteroatoms. The number of rotatable bonds is 6. The second kappa shape index (κ2) is 8.14. The van der Waals surface area contributed by atoms with Gasteiger partial charge in [0.25, 0.3) is 0 Å². The Labute approximate surface area is 132 Å². The number of piperidine rings is 1. The molecule has 1 aliphatic rings. The van der Waals surface area contributed by atoms with Crippen LogP contribution in [0.5, 0.6) is 0 Å². The molecule has 2 atom stereocenters. The normalized spacial score (nSPS) is 21.7. The standard InChI is InChI=1S/C16H27N3O3/c1-5-22-15(21)13-7-6-8-19(9-13)10-14(20)18-16(4,11-17)12(2)3/h12-13H,5-10H2,1-4H3,(H,18,20)/t13-,16+/m1/s1. The van der Waals surface area contributed by atoms with Crippen LogP contribution in [0.25, 0.3) is 0 Å². The van der Waals surface area contributed by atoms with E-state index in [-0.39, 0.29) is 30.3 Å². The van der Waals surface area contributed by atoms with Crippen molar-refractivity contribution >= 4 is 11.9 Å². The van der Waals surface area contributed by atoms with Gasteiger partial charge in [-0.15, -0.1) is 0 Å². The lowest BCUT2D eigenvalue weighted by Crippen LogP contribution is -2.53. The average molecular weight is 309 g/mol. The van der Waals surface area contributed by atoms with E-state index in [9.17, 15) is 14.9 Å². The fourth-order valence-electron chi connectivity index (χ4n) is 2.49. The van der Waals surface area contributed by atoms with E-state index in [0.29, 0.717) is 13.2 Å². The van der Waals surface area contributed by atoms with Crippen molar-refractivity contribution in [3.8, 4) is 6.07 Å². The molecule has 0 saturated carbocycles. The SMILES string of the molecule is CCOC(=O)[C@@H]1CCCN(CC(=O)N[C@@](C)(C#N)C(C)C)C1. The molecule has 22 heavy (non-hydrogen) atoms. The molecule has 1 N–H and O–H groups in total. The summed E-state index contributed by atoms with van der Waals surface area (Å²) in [6, 6.07) is 2.17. The number of nitriles is 1. The van der Waals surface area contributed by atoms with Crippen molar-refractivity contribution in [2.24, 2.45) is 11.8 Å². The molecule has 0 aromatic heterocycles. The van der Waals surface area contributed by atoms with Gasteiger partial charge < -0.3 is 10.1 Å². The summed E-state index contributed by atoms with van der Waals surface area (Å²) < 4.78 is 5.05. The molecule has 0 aliphatic carbocycles. The van der Waals surface area contributed by atoms with Crippen LogP contribution in [0.4, 0.5) is 0 Å². The lowest BCUT2D eigenvalue weighted by molar-refractivity contribution is -0.150. The Bertz CT molecular complexity index is 444. The highest BCUT2D eigenvalue weighted by Crippen LogP contribution is 2.18. The van der Waals surface area contributed by atoms with E-state index in [2.05, 4.69) is 11.4 Å². The summed E-state index contributed by atoms with van der Waals surface area (Å²) >= 11 is 0. The van der Waals surface area contributed by atoms with Crippen LogP contribution in [-0.2, 0) is 14.3 Å². The van der Waals surface area contributed by atoms with Crippen molar-refractivity contribution < 1.29 is 14.3 Å². The zero-order valence-electron chi connectivity index (χ0n) is 14.0. The van der Waals surface area contributed by atoms with Crippen LogP contribution in [0.3, 0.4) is 0 Å². The molecule has 1 fully saturated rings. The topological polar surface area (TPSA) is 82.4 Å². The van der Waals surface area contributed by atoms with Gasteiger partial charge in [0, 0.05) is 6.54 Å². The second-order valence-corrected chi connectivity index (χ2v) is 6.34.